The number of nitrogens with zero attached hydrogens (tertiary/aromatic N) is 4. The molecule has 0 fully saturated rings. The second-order valence-corrected chi connectivity index (χ2v) is 8.71. The highest BCUT2D eigenvalue weighted by molar-refractivity contribution is 7.80. The van der Waals surface area contributed by atoms with Crippen LogP contribution in [0.3, 0.4) is 0 Å². The van der Waals surface area contributed by atoms with Crippen LogP contribution in [0.15, 0.2) is 73.1 Å². The zero-order chi connectivity index (χ0) is 23.2. The van der Waals surface area contributed by atoms with Gasteiger partial charge in [-0.3, -0.25) is 9.97 Å². The van der Waals surface area contributed by atoms with Crippen molar-refractivity contribution in [2.45, 2.75) is 13.8 Å². The maximum absolute atomic E-state index is 5.54. The fraction of sp³-hybridized carbons (Fsp3) is 0.0741. The molecule has 6 rings (SSSR count). The lowest BCUT2D eigenvalue weighted by molar-refractivity contribution is 1.34. The van der Waals surface area contributed by atoms with Gasteiger partial charge in [-0.2, -0.15) is 0 Å². The van der Waals surface area contributed by atoms with E-state index in [1.54, 1.807) is 12.4 Å². The summed E-state index contributed by atoms with van der Waals surface area (Å²) in [6.07, 6.45) is 3.56. The predicted molar refractivity (Wildman–Crippen MR) is 143 cm³/mol. The molecule has 6 aromatic rings. The molecular formula is C27H20N6S. The number of anilines is 2. The third-order valence-electron chi connectivity index (χ3n) is 6.04. The molecule has 0 radical (unpaired) electrons. The molecule has 0 aliphatic carbocycles. The van der Waals surface area contributed by atoms with Gasteiger partial charge in [0.2, 0.25) is 0 Å². The number of aromatic nitrogens is 4. The van der Waals surface area contributed by atoms with E-state index in [-0.39, 0.29) is 0 Å². The van der Waals surface area contributed by atoms with Crippen molar-refractivity contribution in [1.29, 1.82) is 0 Å². The van der Waals surface area contributed by atoms with E-state index in [0.29, 0.717) is 5.11 Å². The predicted octanol–water partition coefficient (Wildman–Crippen LogP) is 6.31. The largest absolute Gasteiger partial charge is 0.332 e. The summed E-state index contributed by atoms with van der Waals surface area (Å²) in [5, 5.41) is 8.91. The summed E-state index contributed by atoms with van der Waals surface area (Å²) in [5.74, 6) is 0. The molecule has 0 saturated carbocycles. The van der Waals surface area contributed by atoms with Crippen LogP contribution in [0.25, 0.3) is 43.9 Å². The number of fused-ring (bicyclic) bond motifs is 7. The van der Waals surface area contributed by atoms with E-state index in [9.17, 15) is 0 Å². The number of benzene rings is 3. The van der Waals surface area contributed by atoms with Gasteiger partial charge >= 0.3 is 0 Å². The number of hydrogen-bond donors (Lipinski definition) is 2. The number of aryl methyl sites for hydroxylation is 2. The topological polar surface area (TPSA) is 75.6 Å². The third-order valence-corrected chi connectivity index (χ3v) is 6.24. The molecular weight excluding hydrogens is 440 g/mol. The van der Waals surface area contributed by atoms with Gasteiger partial charge in [0.1, 0.15) is 0 Å². The lowest BCUT2D eigenvalue weighted by Crippen LogP contribution is -2.19. The molecule has 34 heavy (non-hydrogen) atoms. The molecule has 3 heterocycles. The highest BCUT2D eigenvalue weighted by atomic mass is 32.1. The lowest BCUT2D eigenvalue weighted by Gasteiger charge is -2.13. The van der Waals surface area contributed by atoms with Crippen molar-refractivity contribution in [3.05, 3.63) is 84.2 Å². The molecule has 0 aliphatic heterocycles. The Labute approximate surface area is 201 Å². The Morgan fingerprint density at radius 1 is 0.647 bits per heavy atom. The minimum absolute atomic E-state index is 0.517. The van der Waals surface area contributed by atoms with Crippen molar-refractivity contribution < 1.29 is 0 Å². The van der Waals surface area contributed by atoms with E-state index in [4.69, 9.17) is 22.2 Å². The molecule has 0 saturated heterocycles. The van der Waals surface area contributed by atoms with E-state index >= 15 is 0 Å². The molecule has 0 atom stereocenters. The second kappa shape index (κ2) is 7.97. The molecule has 0 amide bonds. The van der Waals surface area contributed by atoms with Crippen LogP contribution in [0.1, 0.15) is 11.1 Å². The number of hydrogen-bond acceptors (Lipinski definition) is 5. The van der Waals surface area contributed by atoms with E-state index < -0.39 is 0 Å². The Balaban J connectivity index is 1.42. The first-order valence-corrected chi connectivity index (χ1v) is 11.4. The number of pyridine rings is 2. The van der Waals surface area contributed by atoms with E-state index in [2.05, 4.69) is 46.6 Å². The van der Waals surface area contributed by atoms with Crippen molar-refractivity contribution in [3.63, 3.8) is 0 Å². The quantitative estimate of drug-likeness (QED) is 0.178. The first kappa shape index (κ1) is 20.4. The average molecular weight is 461 g/mol. The average Bonchev–Trinajstić information content (AvgIpc) is 2.85. The fourth-order valence-electron chi connectivity index (χ4n) is 4.19. The number of thiocarbonyl (C=S) groups is 1. The normalized spacial score (nSPS) is 11.4. The molecule has 6 nitrogen and oxygen atoms in total. The van der Waals surface area contributed by atoms with Crippen LogP contribution < -0.4 is 10.6 Å². The van der Waals surface area contributed by atoms with Crippen molar-refractivity contribution in [2.24, 2.45) is 0 Å². The first-order valence-electron chi connectivity index (χ1n) is 10.9. The Hall–Kier alpha value is -4.23. The van der Waals surface area contributed by atoms with Gasteiger partial charge in [-0.15, -0.1) is 0 Å². The zero-order valence-corrected chi connectivity index (χ0v) is 19.4. The van der Waals surface area contributed by atoms with Crippen molar-refractivity contribution in [3.8, 4) is 0 Å². The Kier molecular flexibility index (Phi) is 4.78. The van der Waals surface area contributed by atoms with E-state index in [1.807, 2.05) is 48.5 Å². The standard InChI is InChI=1S/C27H20N6S/c1-15-7-8-17(13-16(15)2)30-27(34)31-18-9-10-21-22(14-18)33-26-20-6-4-12-29-24(20)23-19(25(26)32-21)5-3-11-28-23/h3-14H,1-2H3,(H2,30,31,34). The highest BCUT2D eigenvalue weighted by Crippen LogP contribution is 2.32. The SMILES string of the molecule is Cc1ccc(NC(=S)Nc2ccc3nc4c5cccnc5c5ncccc5c4nc3c2)cc1C. The summed E-state index contributed by atoms with van der Waals surface area (Å²) in [5.41, 5.74) is 9.12. The van der Waals surface area contributed by atoms with Gasteiger partial charge < -0.3 is 10.6 Å². The van der Waals surface area contributed by atoms with Gasteiger partial charge in [0.15, 0.2) is 5.11 Å². The van der Waals surface area contributed by atoms with Gasteiger partial charge in [0.05, 0.1) is 33.1 Å². The molecule has 3 aromatic carbocycles. The van der Waals surface area contributed by atoms with Gasteiger partial charge in [-0.1, -0.05) is 6.07 Å². The minimum atomic E-state index is 0.517. The summed E-state index contributed by atoms with van der Waals surface area (Å²) in [7, 11) is 0. The molecule has 164 valence electrons. The van der Waals surface area contributed by atoms with Gasteiger partial charge in [-0.25, -0.2) is 9.97 Å². The molecule has 0 spiro atoms. The summed E-state index contributed by atoms with van der Waals surface area (Å²) >= 11 is 5.54. The third kappa shape index (κ3) is 3.47. The molecule has 0 unspecified atom stereocenters. The maximum atomic E-state index is 5.54. The highest BCUT2D eigenvalue weighted by Gasteiger charge is 2.14. The molecule has 0 aliphatic rings. The smallest absolute Gasteiger partial charge is 0.175 e. The van der Waals surface area contributed by atoms with Crippen LogP contribution in [-0.4, -0.2) is 25.0 Å². The molecule has 0 bridgehead atoms. The molecule has 3 aromatic heterocycles. The van der Waals surface area contributed by atoms with Crippen molar-refractivity contribution >= 4 is 72.6 Å². The molecule has 2 N–H and O–H groups in total. The van der Waals surface area contributed by atoms with E-state index in [1.165, 1.54) is 11.1 Å². The van der Waals surface area contributed by atoms with Crippen LogP contribution in [0.4, 0.5) is 11.4 Å². The van der Waals surface area contributed by atoms with Crippen LogP contribution >= 0.6 is 12.2 Å². The van der Waals surface area contributed by atoms with Crippen LogP contribution in [0.5, 0.6) is 0 Å². The van der Waals surface area contributed by atoms with Crippen LogP contribution in [0.2, 0.25) is 0 Å². The first-order chi connectivity index (χ1) is 16.6. The fourth-order valence-corrected chi connectivity index (χ4v) is 4.43. The van der Waals surface area contributed by atoms with Crippen LogP contribution in [0, 0.1) is 13.8 Å². The Morgan fingerprint density at radius 3 is 1.88 bits per heavy atom. The van der Waals surface area contributed by atoms with E-state index in [0.717, 1.165) is 55.2 Å². The van der Waals surface area contributed by atoms with Gasteiger partial charge in [0, 0.05) is 34.5 Å². The number of rotatable bonds is 2. The second-order valence-electron chi connectivity index (χ2n) is 8.30. The monoisotopic (exact) mass is 460 g/mol. The summed E-state index contributed by atoms with van der Waals surface area (Å²) in [6.45, 7) is 4.18. The van der Waals surface area contributed by atoms with Gasteiger partial charge in [0.25, 0.3) is 0 Å². The lowest BCUT2D eigenvalue weighted by atomic mass is 10.1. The Bertz CT molecular complexity index is 1760. The van der Waals surface area contributed by atoms with Crippen LogP contribution in [-0.2, 0) is 0 Å². The zero-order valence-electron chi connectivity index (χ0n) is 18.6. The van der Waals surface area contributed by atoms with Crippen molar-refractivity contribution in [1.82, 2.24) is 19.9 Å². The minimum Gasteiger partial charge on any atom is -0.332 e. The summed E-state index contributed by atoms with van der Waals surface area (Å²) in [4.78, 5) is 19.1. The maximum Gasteiger partial charge on any atom is 0.175 e. The van der Waals surface area contributed by atoms with Gasteiger partial charge in [-0.05, 0) is 91.8 Å². The Morgan fingerprint density at radius 2 is 1.24 bits per heavy atom. The summed E-state index contributed by atoms with van der Waals surface area (Å²) in [6, 6.07) is 19.9. The molecule has 7 heteroatoms. The van der Waals surface area contributed by atoms with Crippen molar-refractivity contribution in [2.75, 3.05) is 10.6 Å². The summed E-state index contributed by atoms with van der Waals surface area (Å²) < 4.78 is 0. The number of nitrogens with one attached hydrogen (secondary N) is 2.